The van der Waals surface area contributed by atoms with Crippen LogP contribution in [0, 0.1) is 11.3 Å². The standard InChI is InChI=1S/C21H20N4O4S2/c1-27-15-4-2-14(3-5-15)6-7-25-19(26)17(31-21(25)30)12-18-23-16(13-22)20(29-18)24-8-10-28-11-9-24/h2-5,12H,6-11H2,1H3. The molecule has 2 aromatic rings. The van der Waals surface area contributed by atoms with Gasteiger partial charge >= 0.3 is 0 Å². The number of benzene rings is 1. The first-order valence-electron chi connectivity index (χ1n) is 9.71. The van der Waals surface area contributed by atoms with Crippen LogP contribution < -0.4 is 9.64 Å². The first-order valence-corrected chi connectivity index (χ1v) is 10.9. The third-order valence-corrected chi connectivity index (χ3v) is 6.32. The summed E-state index contributed by atoms with van der Waals surface area (Å²) in [6.45, 7) is 2.84. The van der Waals surface area contributed by atoms with Gasteiger partial charge in [0.05, 0.1) is 25.2 Å². The Balaban J connectivity index is 1.46. The molecule has 0 aliphatic carbocycles. The van der Waals surface area contributed by atoms with Gasteiger partial charge in [0, 0.05) is 25.7 Å². The third kappa shape index (κ3) is 4.74. The van der Waals surface area contributed by atoms with Gasteiger partial charge in [0.2, 0.25) is 17.5 Å². The van der Waals surface area contributed by atoms with Crippen LogP contribution in [0.4, 0.5) is 5.88 Å². The molecule has 160 valence electrons. The molecule has 1 amide bonds. The van der Waals surface area contributed by atoms with Gasteiger partial charge in [-0.15, -0.1) is 0 Å². The summed E-state index contributed by atoms with van der Waals surface area (Å²) < 4.78 is 16.8. The number of carbonyl (C=O) groups excluding carboxylic acids is 1. The number of nitriles is 1. The van der Waals surface area contributed by atoms with Gasteiger partial charge in [-0.1, -0.05) is 36.1 Å². The SMILES string of the molecule is COc1ccc(CCN2C(=O)C(=Cc3nc(C#N)c(N4CCOCC4)o3)SC2=S)cc1. The van der Waals surface area contributed by atoms with Crippen LogP contribution in [0.15, 0.2) is 33.6 Å². The van der Waals surface area contributed by atoms with Crippen molar-refractivity contribution in [1.29, 1.82) is 5.26 Å². The summed E-state index contributed by atoms with van der Waals surface area (Å²) >= 11 is 6.61. The molecule has 1 aromatic heterocycles. The lowest BCUT2D eigenvalue weighted by Crippen LogP contribution is -2.36. The van der Waals surface area contributed by atoms with E-state index in [4.69, 9.17) is 26.1 Å². The lowest BCUT2D eigenvalue weighted by atomic mass is 10.1. The summed E-state index contributed by atoms with van der Waals surface area (Å²) in [6.07, 6.45) is 2.22. The molecular weight excluding hydrogens is 436 g/mol. The molecule has 2 saturated heterocycles. The molecule has 0 N–H and O–H groups in total. The number of rotatable bonds is 6. The average molecular weight is 457 g/mol. The highest BCUT2D eigenvalue weighted by Crippen LogP contribution is 2.33. The van der Waals surface area contributed by atoms with E-state index in [-0.39, 0.29) is 17.5 Å². The van der Waals surface area contributed by atoms with E-state index in [1.165, 1.54) is 11.8 Å². The van der Waals surface area contributed by atoms with Crippen molar-refractivity contribution in [2.45, 2.75) is 6.42 Å². The first kappa shape index (κ1) is 21.4. The molecule has 0 unspecified atom stereocenters. The first-order chi connectivity index (χ1) is 15.1. The minimum absolute atomic E-state index is 0.187. The Labute approximate surface area is 189 Å². The van der Waals surface area contributed by atoms with Gasteiger partial charge in [-0.05, 0) is 24.1 Å². The Morgan fingerprint density at radius 2 is 2.06 bits per heavy atom. The predicted octanol–water partition coefficient (Wildman–Crippen LogP) is 2.84. The summed E-state index contributed by atoms with van der Waals surface area (Å²) in [5.74, 6) is 1.23. The maximum Gasteiger partial charge on any atom is 0.266 e. The molecule has 1 aromatic carbocycles. The number of morpholine rings is 1. The average Bonchev–Trinajstić information content (AvgIpc) is 3.33. The van der Waals surface area contributed by atoms with Crippen molar-refractivity contribution in [1.82, 2.24) is 9.88 Å². The highest BCUT2D eigenvalue weighted by atomic mass is 32.2. The number of oxazole rings is 1. The van der Waals surface area contributed by atoms with Crippen LogP contribution in [0.1, 0.15) is 17.1 Å². The lowest BCUT2D eigenvalue weighted by Gasteiger charge is -2.25. The van der Waals surface area contributed by atoms with E-state index in [1.54, 1.807) is 18.1 Å². The molecule has 4 rings (SSSR count). The van der Waals surface area contributed by atoms with E-state index < -0.39 is 0 Å². The minimum Gasteiger partial charge on any atom is -0.497 e. The second kappa shape index (κ2) is 9.51. The molecule has 0 radical (unpaired) electrons. The number of hydrogen-bond acceptors (Lipinski definition) is 9. The molecule has 2 aliphatic heterocycles. The number of carbonyl (C=O) groups is 1. The molecule has 10 heteroatoms. The second-order valence-corrected chi connectivity index (χ2v) is 8.52. The number of amides is 1. The fraction of sp³-hybridized carbons (Fsp3) is 0.333. The van der Waals surface area contributed by atoms with E-state index in [0.29, 0.717) is 54.4 Å². The van der Waals surface area contributed by atoms with Crippen LogP contribution in [0.2, 0.25) is 0 Å². The molecule has 31 heavy (non-hydrogen) atoms. The predicted molar refractivity (Wildman–Crippen MR) is 121 cm³/mol. The summed E-state index contributed by atoms with van der Waals surface area (Å²) in [5.41, 5.74) is 1.28. The topological polar surface area (TPSA) is 91.8 Å². The summed E-state index contributed by atoms with van der Waals surface area (Å²) in [5, 5.41) is 9.41. The van der Waals surface area contributed by atoms with Crippen molar-refractivity contribution in [2.24, 2.45) is 0 Å². The van der Waals surface area contributed by atoms with Gasteiger partial charge in [0.15, 0.2) is 0 Å². The van der Waals surface area contributed by atoms with E-state index >= 15 is 0 Å². The Kier molecular flexibility index (Phi) is 6.56. The number of aromatic nitrogens is 1. The highest BCUT2D eigenvalue weighted by molar-refractivity contribution is 8.26. The molecule has 0 saturated carbocycles. The normalized spacial score (nSPS) is 18.0. The van der Waals surface area contributed by atoms with Gasteiger partial charge in [-0.3, -0.25) is 9.69 Å². The molecule has 2 aliphatic rings. The van der Waals surface area contributed by atoms with Crippen LogP contribution in [-0.4, -0.2) is 60.1 Å². The van der Waals surface area contributed by atoms with E-state index in [1.807, 2.05) is 29.2 Å². The molecule has 0 bridgehead atoms. The largest absolute Gasteiger partial charge is 0.497 e. The van der Waals surface area contributed by atoms with Gasteiger partial charge < -0.3 is 18.8 Å². The van der Waals surface area contributed by atoms with Gasteiger partial charge in [0.25, 0.3) is 5.91 Å². The lowest BCUT2D eigenvalue weighted by molar-refractivity contribution is -0.122. The fourth-order valence-corrected chi connectivity index (χ4v) is 4.55. The molecule has 3 heterocycles. The Morgan fingerprint density at radius 1 is 1.32 bits per heavy atom. The van der Waals surface area contributed by atoms with Crippen LogP contribution in [-0.2, 0) is 16.0 Å². The molecular formula is C21H20N4O4S2. The molecule has 2 fully saturated rings. The smallest absolute Gasteiger partial charge is 0.266 e. The fourth-order valence-electron chi connectivity index (χ4n) is 3.28. The zero-order valence-corrected chi connectivity index (χ0v) is 18.5. The van der Waals surface area contributed by atoms with E-state index in [0.717, 1.165) is 11.3 Å². The van der Waals surface area contributed by atoms with Crippen molar-refractivity contribution < 1.29 is 18.7 Å². The summed E-state index contributed by atoms with van der Waals surface area (Å²) in [7, 11) is 1.62. The minimum atomic E-state index is -0.187. The second-order valence-electron chi connectivity index (χ2n) is 6.85. The monoisotopic (exact) mass is 456 g/mol. The van der Waals surface area contributed by atoms with E-state index in [9.17, 15) is 10.1 Å². The Bertz CT molecular complexity index is 1050. The summed E-state index contributed by atoms with van der Waals surface area (Å²) in [4.78, 5) is 21.0. The third-order valence-electron chi connectivity index (χ3n) is 4.94. The molecule has 8 nitrogen and oxygen atoms in total. The molecule has 0 spiro atoms. The van der Waals surface area contributed by atoms with Crippen molar-refractivity contribution in [2.75, 3.05) is 44.9 Å². The number of anilines is 1. The number of ether oxygens (including phenoxy) is 2. The van der Waals surface area contributed by atoms with Crippen molar-refractivity contribution in [3.63, 3.8) is 0 Å². The zero-order valence-electron chi connectivity index (χ0n) is 16.9. The van der Waals surface area contributed by atoms with E-state index in [2.05, 4.69) is 11.1 Å². The number of thioether (sulfide) groups is 1. The van der Waals surface area contributed by atoms with Gasteiger partial charge in [0.1, 0.15) is 16.1 Å². The maximum atomic E-state index is 12.9. The number of nitrogens with zero attached hydrogens (tertiary/aromatic N) is 4. The number of hydrogen-bond donors (Lipinski definition) is 0. The number of methoxy groups -OCH3 is 1. The van der Waals surface area contributed by atoms with Gasteiger partial charge in [-0.2, -0.15) is 10.2 Å². The van der Waals surface area contributed by atoms with Crippen LogP contribution >= 0.6 is 24.0 Å². The van der Waals surface area contributed by atoms with Gasteiger partial charge in [-0.25, -0.2) is 0 Å². The highest BCUT2D eigenvalue weighted by Gasteiger charge is 2.32. The Morgan fingerprint density at radius 3 is 2.74 bits per heavy atom. The maximum absolute atomic E-state index is 12.9. The summed E-state index contributed by atoms with van der Waals surface area (Å²) in [6, 6.07) is 9.78. The van der Waals surface area contributed by atoms with Crippen LogP contribution in [0.25, 0.3) is 6.08 Å². The van der Waals surface area contributed by atoms with Crippen molar-refractivity contribution in [3.05, 3.63) is 46.3 Å². The Hall–Kier alpha value is -2.87. The number of thiocarbonyl (C=S) groups is 1. The quantitative estimate of drug-likeness (QED) is 0.480. The van der Waals surface area contributed by atoms with Crippen molar-refractivity contribution >= 4 is 46.2 Å². The van der Waals surface area contributed by atoms with Crippen LogP contribution in [0.5, 0.6) is 5.75 Å². The zero-order chi connectivity index (χ0) is 21.8. The van der Waals surface area contributed by atoms with Crippen molar-refractivity contribution in [3.8, 4) is 11.8 Å². The molecule has 0 atom stereocenters. The van der Waals surface area contributed by atoms with Crippen LogP contribution in [0.3, 0.4) is 0 Å².